The summed E-state index contributed by atoms with van der Waals surface area (Å²) in [5.41, 5.74) is 2.36. The van der Waals surface area contributed by atoms with E-state index in [2.05, 4.69) is 51.7 Å². The predicted octanol–water partition coefficient (Wildman–Crippen LogP) is 0.778. The number of amides is 2. The Bertz CT molecular complexity index is 784. The summed E-state index contributed by atoms with van der Waals surface area (Å²) in [4.78, 5) is 31.0. The number of piperazine rings is 1. The van der Waals surface area contributed by atoms with Crippen LogP contribution in [-0.2, 0) is 29.6 Å². The molecule has 3 rings (SSSR count). The molecule has 1 aliphatic rings. The van der Waals surface area contributed by atoms with E-state index >= 15 is 0 Å². The second-order valence-electron chi connectivity index (χ2n) is 7.02. The first-order valence-corrected chi connectivity index (χ1v) is 9.33. The van der Waals surface area contributed by atoms with Crippen molar-refractivity contribution in [1.82, 2.24) is 25.1 Å². The van der Waals surface area contributed by atoms with E-state index in [0.717, 1.165) is 17.9 Å². The Morgan fingerprint density at radius 2 is 2.11 bits per heavy atom. The maximum atomic E-state index is 12.4. The summed E-state index contributed by atoms with van der Waals surface area (Å²) < 4.78 is 1.93. The van der Waals surface area contributed by atoms with Gasteiger partial charge in [-0.15, -0.1) is 0 Å². The van der Waals surface area contributed by atoms with Gasteiger partial charge in [0, 0.05) is 52.0 Å². The van der Waals surface area contributed by atoms with Crippen molar-refractivity contribution in [1.29, 1.82) is 0 Å². The fraction of sp³-hybridized carbons (Fsp3) is 0.450. The lowest BCUT2D eigenvalue weighted by Crippen LogP contribution is -2.56. The minimum absolute atomic E-state index is 0.0763. The Morgan fingerprint density at radius 3 is 2.81 bits per heavy atom. The summed E-state index contributed by atoms with van der Waals surface area (Å²) in [6.07, 6.45) is 4.45. The lowest BCUT2D eigenvalue weighted by atomic mass is 10.1. The lowest BCUT2D eigenvalue weighted by Gasteiger charge is -2.34. The van der Waals surface area contributed by atoms with E-state index in [1.807, 2.05) is 17.8 Å². The highest BCUT2D eigenvalue weighted by Gasteiger charge is 2.31. The van der Waals surface area contributed by atoms with E-state index in [-0.39, 0.29) is 18.2 Å². The first-order chi connectivity index (χ1) is 13.0. The molecule has 1 aromatic carbocycles. The molecular weight excluding hydrogens is 342 g/mol. The molecule has 144 valence electrons. The molecule has 2 amide bonds. The van der Waals surface area contributed by atoms with E-state index < -0.39 is 6.04 Å². The molecule has 1 atom stereocenters. The number of aryl methyl sites for hydroxylation is 2. The fourth-order valence-electron chi connectivity index (χ4n) is 3.30. The molecule has 0 unspecified atom stereocenters. The first-order valence-electron chi connectivity index (χ1n) is 9.33. The zero-order valence-corrected chi connectivity index (χ0v) is 15.9. The van der Waals surface area contributed by atoms with Crippen molar-refractivity contribution in [2.45, 2.75) is 32.4 Å². The molecule has 1 aromatic heterocycles. The van der Waals surface area contributed by atoms with Gasteiger partial charge in [0.15, 0.2) is 0 Å². The average Bonchev–Trinajstić information content (AvgIpc) is 3.05. The molecule has 2 heterocycles. The van der Waals surface area contributed by atoms with Gasteiger partial charge in [-0.2, -0.15) is 0 Å². The highest BCUT2D eigenvalue weighted by molar-refractivity contribution is 5.88. The number of imidazole rings is 1. The molecule has 0 bridgehead atoms. The molecule has 2 N–H and O–H groups in total. The quantitative estimate of drug-likeness (QED) is 0.756. The largest absolute Gasteiger partial charge is 0.356 e. The number of carbonyl (C=O) groups is 2. The zero-order chi connectivity index (χ0) is 19.2. The molecule has 1 aliphatic heterocycles. The van der Waals surface area contributed by atoms with Gasteiger partial charge in [-0.05, 0) is 12.5 Å². The number of hydrogen-bond acceptors (Lipinski definition) is 4. The molecule has 0 aliphatic carbocycles. The molecule has 2 aromatic rings. The molecule has 27 heavy (non-hydrogen) atoms. The Morgan fingerprint density at radius 1 is 1.33 bits per heavy atom. The van der Waals surface area contributed by atoms with Gasteiger partial charge in [-0.25, -0.2) is 4.98 Å². The van der Waals surface area contributed by atoms with Crippen molar-refractivity contribution < 1.29 is 9.59 Å². The summed E-state index contributed by atoms with van der Waals surface area (Å²) in [6, 6.07) is 7.85. The van der Waals surface area contributed by atoms with Crippen molar-refractivity contribution in [3.8, 4) is 0 Å². The van der Waals surface area contributed by atoms with Crippen molar-refractivity contribution in [2.24, 2.45) is 7.05 Å². The Kier molecular flexibility index (Phi) is 6.24. The molecule has 0 saturated carbocycles. The average molecular weight is 369 g/mol. The van der Waals surface area contributed by atoms with E-state index in [9.17, 15) is 9.59 Å². The van der Waals surface area contributed by atoms with Crippen LogP contribution in [0, 0.1) is 6.92 Å². The number of nitrogens with one attached hydrogen (secondary N) is 2. The summed E-state index contributed by atoms with van der Waals surface area (Å²) >= 11 is 0. The van der Waals surface area contributed by atoms with Gasteiger partial charge < -0.3 is 15.2 Å². The second-order valence-corrected chi connectivity index (χ2v) is 7.02. The van der Waals surface area contributed by atoms with Gasteiger partial charge >= 0.3 is 0 Å². The van der Waals surface area contributed by atoms with Gasteiger partial charge in [0.25, 0.3) is 0 Å². The smallest absolute Gasteiger partial charge is 0.237 e. The summed E-state index contributed by atoms with van der Waals surface area (Å²) in [5.74, 6) is 0.736. The van der Waals surface area contributed by atoms with Crippen molar-refractivity contribution in [3.63, 3.8) is 0 Å². The van der Waals surface area contributed by atoms with Gasteiger partial charge in [0.2, 0.25) is 11.8 Å². The van der Waals surface area contributed by atoms with Crippen LogP contribution in [0.1, 0.15) is 23.4 Å². The monoisotopic (exact) mass is 369 g/mol. The van der Waals surface area contributed by atoms with Gasteiger partial charge in [-0.3, -0.25) is 14.5 Å². The van der Waals surface area contributed by atoms with Crippen LogP contribution in [0.25, 0.3) is 0 Å². The maximum absolute atomic E-state index is 12.4. The first kappa shape index (κ1) is 19.1. The Hall–Kier alpha value is -2.67. The topological polar surface area (TPSA) is 79.3 Å². The molecule has 0 radical (unpaired) electrons. The third-order valence-corrected chi connectivity index (χ3v) is 4.92. The molecular formula is C20H27N5O2. The van der Waals surface area contributed by atoms with Crippen LogP contribution in [0.4, 0.5) is 0 Å². The third-order valence-electron chi connectivity index (χ3n) is 4.92. The van der Waals surface area contributed by atoms with Crippen LogP contribution in [0.3, 0.4) is 0 Å². The number of aromatic nitrogens is 2. The van der Waals surface area contributed by atoms with Crippen LogP contribution in [-0.4, -0.2) is 51.9 Å². The number of rotatable bonds is 7. The Labute approximate surface area is 159 Å². The fourth-order valence-corrected chi connectivity index (χ4v) is 3.30. The van der Waals surface area contributed by atoms with Gasteiger partial charge in [0.05, 0.1) is 12.5 Å². The number of hydrogen-bond donors (Lipinski definition) is 2. The van der Waals surface area contributed by atoms with Crippen LogP contribution in [0.15, 0.2) is 36.7 Å². The second kappa shape index (κ2) is 8.81. The van der Waals surface area contributed by atoms with Gasteiger partial charge in [-0.1, -0.05) is 29.8 Å². The van der Waals surface area contributed by atoms with E-state index in [0.29, 0.717) is 26.1 Å². The summed E-state index contributed by atoms with van der Waals surface area (Å²) in [6.45, 7) is 4.58. The number of nitrogens with zero attached hydrogens (tertiary/aromatic N) is 3. The van der Waals surface area contributed by atoms with Crippen molar-refractivity contribution >= 4 is 11.8 Å². The molecule has 7 nitrogen and oxygen atoms in total. The summed E-state index contributed by atoms with van der Waals surface area (Å²) in [7, 11) is 1.93. The van der Waals surface area contributed by atoms with Gasteiger partial charge in [0.1, 0.15) is 5.82 Å². The number of carbonyl (C=O) groups excluding carboxylic acids is 2. The normalized spacial score (nSPS) is 17.6. The predicted molar refractivity (Wildman–Crippen MR) is 103 cm³/mol. The minimum atomic E-state index is -0.437. The minimum Gasteiger partial charge on any atom is -0.356 e. The molecule has 0 spiro atoms. The molecule has 7 heteroatoms. The van der Waals surface area contributed by atoms with Crippen LogP contribution in [0.2, 0.25) is 0 Å². The van der Waals surface area contributed by atoms with Crippen molar-refractivity contribution in [3.05, 3.63) is 53.6 Å². The lowest BCUT2D eigenvalue weighted by molar-refractivity contribution is -0.134. The van der Waals surface area contributed by atoms with Crippen LogP contribution in [0.5, 0.6) is 0 Å². The summed E-state index contributed by atoms with van der Waals surface area (Å²) in [5, 5.41) is 5.78. The van der Waals surface area contributed by atoms with Crippen molar-refractivity contribution in [2.75, 3.05) is 19.6 Å². The number of benzene rings is 1. The highest BCUT2D eigenvalue weighted by Crippen LogP contribution is 2.14. The molecule has 1 saturated heterocycles. The Balaban J connectivity index is 1.54. The van der Waals surface area contributed by atoms with Crippen LogP contribution >= 0.6 is 0 Å². The zero-order valence-electron chi connectivity index (χ0n) is 15.9. The highest BCUT2D eigenvalue weighted by atomic mass is 16.2. The van der Waals surface area contributed by atoms with E-state index in [1.165, 1.54) is 5.56 Å². The molecule has 1 fully saturated rings. The maximum Gasteiger partial charge on any atom is 0.237 e. The van der Waals surface area contributed by atoms with E-state index in [4.69, 9.17) is 0 Å². The standard InChI is InChI=1S/C20H27N5O2/c1-15-3-5-16(6-4-15)14-25-12-10-23-20(27)17(25)13-19(26)22-8-7-18-21-9-11-24(18)2/h3-6,9,11,17H,7-8,10,12-14H2,1-2H3,(H,22,26)(H,23,27)/t17-/m0/s1. The van der Waals surface area contributed by atoms with E-state index in [1.54, 1.807) is 6.20 Å². The van der Waals surface area contributed by atoms with Crippen LogP contribution < -0.4 is 10.6 Å². The SMILES string of the molecule is Cc1ccc(CN2CCNC(=O)[C@@H]2CC(=O)NCCc2nccn2C)cc1. The third kappa shape index (κ3) is 5.17.